The van der Waals surface area contributed by atoms with E-state index in [2.05, 4.69) is 0 Å². The summed E-state index contributed by atoms with van der Waals surface area (Å²) < 4.78 is 0. The molecule has 0 fully saturated rings. The van der Waals surface area contributed by atoms with Gasteiger partial charge in [0.2, 0.25) is 0 Å². The first kappa shape index (κ1) is 9.91. The van der Waals surface area contributed by atoms with E-state index in [0.717, 1.165) is 0 Å². The zero-order valence-corrected chi connectivity index (χ0v) is 6.45. The van der Waals surface area contributed by atoms with Gasteiger partial charge in [0.15, 0.2) is 0 Å². The van der Waals surface area contributed by atoms with Gasteiger partial charge in [0.1, 0.15) is 0 Å². The van der Waals surface area contributed by atoms with Crippen LogP contribution in [-0.4, -0.2) is 22.8 Å². The van der Waals surface area contributed by atoms with Crippen molar-refractivity contribution in [2.45, 2.75) is 13.3 Å². The van der Waals surface area contributed by atoms with E-state index in [9.17, 15) is 4.79 Å². The molecule has 0 radical (unpaired) electrons. The van der Waals surface area contributed by atoms with Crippen molar-refractivity contribution in [3.05, 3.63) is 23.8 Å². The van der Waals surface area contributed by atoms with Gasteiger partial charge in [-0.2, -0.15) is 0 Å². The molecule has 62 valence electrons. The Morgan fingerprint density at radius 3 is 2.55 bits per heavy atom. The first-order valence-electron chi connectivity index (χ1n) is 3.38. The van der Waals surface area contributed by atoms with Gasteiger partial charge in [-0.3, -0.25) is 0 Å². The second kappa shape index (κ2) is 5.68. The van der Waals surface area contributed by atoms with E-state index in [0.29, 0.717) is 0 Å². The van der Waals surface area contributed by atoms with Gasteiger partial charge in [-0.1, -0.05) is 18.2 Å². The quantitative estimate of drug-likeness (QED) is 0.470. The Morgan fingerprint density at radius 2 is 2.18 bits per heavy atom. The van der Waals surface area contributed by atoms with Gasteiger partial charge in [-0.25, -0.2) is 4.79 Å². The third-order valence-electron chi connectivity index (χ3n) is 1.15. The minimum absolute atomic E-state index is 0.129. The first-order chi connectivity index (χ1) is 5.22. The van der Waals surface area contributed by atoms with Crippen molar-refractivity contribution in [3.63, 3.8) is 0 Å². The fraction of sp³-hybridized carbons (Fsp3) is 0.375. The topological polar surface area (TPSA) is 57.5 Å². The van der Waals surface area contributed by atoms with Gasteiger partial charge < -0.3 is 10.2 Å². The number of aliphatic carboxylic acids is 1. The normalized spacial score (nSPS) is 12.4. The van der Waals surface area contributed by atoms with E-state index in [1.165, 1.54) is 6.08 Å². The average Bonchev–Trinajstić information content (AvgIpc) is 1.97. The molecular formula is C8H12O3. The number of carboxylic acids is 1. The lowest BCUT2D eigenvalue weighted by Gasteiger charge is -1.95. The monoisotopic (exact) mass is 156 g/mol. The number of carbonyl (C=O) groups is 1. The number of hydrogen-bond acceptors (Lipinski definition) is 2. The third-order valence-corrected chi connectivity index (χ3v) is 1.15. The molecule has 0 spiro atoms. The van der Waals surface area contributed by atoms with Gasteiger partial charge in [-0.15, -0.1) is 0 Å². The smallest absolute Gasteiger partial charge is 0.331 e. The maximum Gasteiger partial charge on any atom is 0.331 e. The number of hydrogen-bond donors (Lipinski definition) is 2. The lowest BCUT2D eigenvalue weighted by atomic mass is 10.2. The summed E-state index contributed by atoms with van der Waals surface area (Å²) in [5.41, 5.74) is 0.227. The molecule has 0 saturated heterocycles. The zero-order valence-electron chi connectivity index (χ0n) is 6.45. The molecular weight excluding hydrogens is 144 g/mol. The summed E-state index contributed by atoms with van der Waals surface area (Å²) >= 11 is 0. The van der Waals surface area contributed by atoms with Crippen molar-refractivity contribution in [3.8, 4) is 0 Å². The predicted molar refractivity (Wildman–Crippen MR) is 42.2 cm³/mol. The molecule has 11 heavy (non-hydrogen) atoms. The standard InChI is InChI=1S/C8H12O3/c1-2-3-4-7(5-6-9)8(10)11/h2-4,9H,5-6H2,1H3,(H,10,11). The molecule has 3 heteroatoms. The maximum atomic E-state index is 10.4. The van der Waals surface area contributed by atoms with E-state index in [-0.39, 0.29) is 18.6 Å². The summed E-state index contributed by atoms with van der Waals surface area (Å²) in [6, 6.07) is 0. The minimum atomic E-state index is -0.975. The summed E-state index contributed by atoms with van der Waals surface area (Å²) in [4.78, 5) is 10.4. The van der Waals surface area contributed by atoms with E-state index < -0.39 is 5.97 Å². The van der Waals surface area contributed by atoms with Gasteiger partial charge in [0.05, 0.1) is 0 Å². The molecule has 0 saturated carbocycles. The molecule has 0 aromatic heterocycles. The summed E-state index contributed by atoms with van der Waals surface area (Å²) in [7, 11) is 0. The molecule has 0 rings (SSSR count). The molecule has 0 aliphatic heterocycles. The highest BCUT2D eigenvalue weighted by Crippen LogP contribution is 2.00. The largest absolute Gasteiger partial charge is 0.478 e. The number of aliphatic hydroxyl groups is 1. The Balaban J connectivity index is 4.20. The van der Waals surface area contributed by atoms with Gasteiger partial charge in [0, 0.05) is 18.6 Å². The Bertz CT molecular complexity index is 180. The number of rotatable bonds is 4. The van der Waals surface area contributed by atoms with Crippen LogP contribution < -0.4 is 0 Å². The molecule has 0 aromatic carbocycles. The van der Waals surface area contributed by atoms with E-state index in [4.69, 9.17) is 10.2 Å². The molecule has 2 N–H and O–H groups in total. The fourth-order valence-corrected chi connectivity index (χ4v) is 0.594. The average molecular weight is 156 g/mol. The molecule has 0 aliphatic carbocycles. The van der Waals surface area contributed by atoms with E-state index in [1.807, 2.05) is 0 Å². The minimum Gasteiger partial charge on any atom is -0.478 e. The van der Waals surface area contributed by atoms with Gasteiger partial charge in [0.25, 0.3) is 0 Å². The SMILES string of the molecule is CC=CC=C(CCO)C(=O)O. The second-order valence-corrected chi connectivity index (χ2v) is 2.00. The van der Waals surface area contributed by atoms with E-state index >= 15 is 0 Å². The van der Waals surface area contributed by atoms with Crippen LogP contribution in [0.5, 0.6) is 0 Å². The lowest BCUT2D eigenvalue weighted by molar-refractivity contribution is -0.132. The van der Waals surface area contributed by atoms with E-state index in [1.54, 1.807) is 19.1 Å². The van der Waals surface area contributed by atoms with Crippen LogP contribution in [0.2, 0.25) is 0 Å². The van der Waals surface area contributed by atoms with Crippen LogP contribution in [0.15, 0.2) is 23.8 Å². The molecule has 0 unspecified atom stereocenters. The highest BCUT2D eigenvalue weighted by molar-refractivity contribution is 5.86. The lowest BCUT2D eigenvalue weighted by Crippen LogP contribution is -2.01. The maximum absolute atomic E-state index is 10.4. The number of aliphatic hydroxyl groups excluding tert-OH is 1. The highest BCUT2D eigenvalue weighted by atomic mass is 16.4. The van der Waals surface area contributed by atoms with Crippen molar-refractivity contribution in [2.24, 2.45) is 0 Å². The fourth-order valence-electron chi connectivity index (χ4n) is 0.594. The molecule has 0 aromatic rings. The Hall–Kier alpha value is -1.09. The first-order valence-corrected chi connectivity index (χ1v) is 3.38. The van der Waals surface area contributed by atoms with Crippen LogP contribution in [0, 0.1) is 0 Å². The molecule has 0 amide bonds. The second-order valence-electron chi connectivity index (χ2n) is 2.00. The Morgan fingerprint density at radius 1 is 1.55 bits per heavy atom. The number of allylic oxidation sites excluding steroid dienone is 3. The zero-order chi connectivity index (χ0) is 8.69. The van der Waals surface area contributed by atoms with Crippen molar-refractivity contribution in [1.29, 1.82) is 0 Å². The Kier molecular flexibility index (Phi) is 5.11. The molecule has 3 nitrogen and oxygen atoms in total. The van der Waals surface area contributed by atoms with Crippen LogP contribution in [0.3, 0.4) is 0 Å². The van der Waals surface area contributed by atoms with Crippen molar-refractivity contribution in [1.82, 2.24) is 0 Å². The summed E-state index contributed by atoms with van der Waals surface area (Å²) in [5.74, 6) is -0.975. The third kappa shape index (κ3) is 4.33. The Labute approximate surface area is 65.7 Å². The van der Waals surface area contributed by atoms with Gasteiger partial charge in [-0.05, 0) is 6.92 Å². The van der Waals surface area contributed by atoms with Crippen molar-refractivity contribution < 1.29 is 15.0 Å². The van der Waals surface area contributed by atoms with Crippen LogP contribution in [-0.2, 0) is 4.79 Å². The summed E-state index contributed by atoms with van der Waals surface area (Å²) in [6.07, 6.45) is 5.05. The van der Waals surface area contributed by atoms with Gasteiger partial charge >= 0.3 is 5.97 Å². The predicted octanol–water partition coefficient (Wildman–Crippen LogP) is 0.956. The summed E-state index contributed by atoms with van der Waals surface area (Å²) in [6.45, 7) is 1.67. The molecule has 0 bridgehead atoms. The number of carboxylic acid groups (broad SMARTS) is 1. The van der Waals surface area contributed by atoms with Crippen molar-refractivity contribution in [2.75, 3.05) is 6.61 Å². The van der Waals surface area contributed by atoms with Crippen LogP contribution in [0.25, 0.3) is 0 Å². The van der Waals surface area contributed by atoms with Crippen molar-refractivity contribution >= 4 is 5.97 Å². The molecule has 0 aliphatic rings. The van der Waals surface area contributed by atoms with Crippen LogP contribution >= 0.6 is 0 Å². The summed E-state index contributed by atoms with van der Waals surface area (Å²) in [5, 5.41) is 17.0. The highest BCUT2D eigenvalue weighted by Gasteiger charge is 2.03. The molecule has 0 heterocycles. The van der Waals surface area contributed by atoms with Crippen LogP contribution in [0.4, 0.5) is 0 Å². The van der Waals surface area contributed by atoms with Crippen LogP contribution in [0.1, 0.15) is 13.3 Å². The molecule has 0 atom stereocenters.